The van der Waals surface area contributed by atoms with Gasteiger partial charge in [-0.1, -0.05) is 234 Å². The van der Waals surface area contributed by atoms with Crippen molar-refractivity contribution in [1.82, 2.24) is 5.32 Å². The molecule has 0 saturated carbocycles. The van der Waals surface area contributed by atoms with Crippen LogP contribution in [0.4, 0.5) is 0 Å². The van der Waals surface area contributed by atoms with Crippen molar-refractivity contribution in [3.05, 3.63) is 85.1 Å². The molecular weight excluding hydrogens is 967 g/mol. The van der Waals surface area contributed by atoms with Crippen LogP contribution >= 0.6 is 0 Å². The summed E-state index contributed by atoms with van der Waals surface area (Å²) >= 11 is 0. The van der Waals surface area contributed by atoms with E-state index in [9.17, 15) is 35.1 Å². The molecule has 444 valence electrons. The average molecular weight is 1080 g/mol. The highest BCUT2D eigenvalue weighted by atomic mass is 16.7. The Morgan fingerprint density at radius 1 is 0.506 bits per heavy atom. The standard InChI is InChI=1S/C66H115NO10/c1-4-7-10-13-16-19-22-24-26-28-30-32-34-36-39-42-45-48-51-54-61(71)77-64-63(73)62(72)60(55-68)76-66(64)75-56-57(58(69)52-49-46-43-40-37-21-18-15-12-9-6-3)67-65(74)59(70)53-50-47-44-41-38-35-33-31-29-27-25-23-20-17-14-11-8-5-2/h16-17,19-20,24-27,30-33,49,52,57-60,62-64,66,68-70,72-73H,4-15,18,21-23,28-29,34-48,50-51,53-56H2,1-3H3,(H,67,74)/b19-16-,20-17-,26-24-,27-25-,32-30-,33-31-,52-49+. The minimum absolute atomic E-state index is 0.104. The number of aliphatic hydroxyl groups excluding tert-OH is 5. The SMILES string of the molecule is CCCCC/C=C\C/C=C\C/C=C\CCCCCCCCC(=O)OC1C(OCC(NC(=O)C(O)CCCCCCC/C=C\C/C=C\C/C=C\CCCCC)C(O)/C=C/CCCCCCCCCCC)OC(CO)C(O)C1O. The van der Waals surface area contributed by atoms with E-state index in [4.69, 9.17) is 14.2 Å². The van der Waals surface area contributed by atoms with Crippen LogP contribution in [-0.4, -0.2) is 99.6 Å². The highest BCUT2D eigenvalue weighted by Gasteiger charge is 2.47. The molecule has 0 spiro atoms. The van der Waals surface area contributed by atoms with Crippen LogP contribution in [0.3, 0.4) is 0 Å². The summed E-state index contributed by atoms with van der Waals surface area (Å²) in [6.07, 6.45) is 59.0. The van der Waals surface area contributed by atoms with E-state index in [2.05, 4.69) is 99.0 Å². The lowest BCUT2D eigenvalue weighted by atomic mass is 9.99. The molecule has 77 heavy (non-hydrogen) atoms. The van der Waals surface area contributed by atoms with Crippen LogP contribution in [0, 0.1) is 0 Å². The van der Waals surface area contributed by atoms with Crippen molar-refractivity contribution >= 4 is 11.9 Å². The van der Waals surface area contributed by atoms with Crippen molar-refractivity contribution in [2.75, 3.05) is 13.2 Å². The second kappa shape index (κ2) is 53.5. The van der Waals surface area contributed by atoms with Gasteiger partial charge in [-0.25, -0.2) is 0 Å². The lowest BCUT2D eigenvalue weighted by Crippen LogP contribution is -2.61. The molecule has 0 aromatic carbocycles. The lowest BCUT2D eigenvalue weighted by Gasteiger charge is -2.41. The first kappa shape index (κ1) is 71.9. The third-order valence-corrected chi connectivity index (χ3v) is 14.3. The number of ether oxygens (including phenoxy) is 3. The molecule has 11 heteroatoms. The maximum atomic E-state index is 13.4. The average Bonchev–Trinajstić information content (AvgIpc) is 3.43. The van der Waals surface area contributed by atoms with E-state index in [0.717, 1.165) is 122 Å². The number of allylic oxidation sites excluding steroid dienone is 13. The van der Waals surface area contributed by atoms with Gasteiger partial charge in [0.15, 0.2) is 12.4 Å². The molecule has 1 amide bonds. The van der Waals surface area contributed by atoms with Gasteiger partial charge in [-0.2, -0.15) is 0 Å². The molecule has 0 aromatic rings. The molecule has 1 rings (SSSR count). The summed E-state index contributed by atoms with van der Waals surface area (Å²) < 4.78 is 17.6. The zero-order chi connectivity index (χ0) is 56.1. The van der Waals surface area contributed by atoms with Crippen LogP contribution in [0.5, 0.6) is 0 Å². The highest BCUT2D eigenvalue weighted by molar-refractivity contribution is 5.80. The predicted octanol–water partition coefficient (Wildman–Crippen LogP) is 14.9. The summed E-state index contributed by atoms with van der Waals surface area (Å²) in [5, 5.41) is 57.0. The molecule has 1 fully saturated rings. The molecule has 8 atom stereocenters. The van der Waals surface area contributed by atoms with Gasteiger partial charge in [-0.3, -0.25) is 9.59 Å². The third-order valence-electron chi connectivity index (χ3n) is 14.3. The number of nitrogens with one attached hydrogen (secondary N) is 1. The van der Waals surface area contributed by atoms with Crippen LogP contribution in [0.1, 0.15) is 258 Å². The Balaban J connectivity index is 2.68. The van der Waals surface area contributed by atoms with Crippen molar-refractivity contribution in [2.24, 2.45) is 0 Å². The number of hydrogen-bond donors (Lipinski definition) is 6. The molecular formula is C66H115NO10. The fourth-order valence-corrected chi connectivity index (χ4v) is 9.25. The first-order valence-electron chi connectivity index (χ1n) is 31.4. The summed E-state index contributed by atoms with van der Waals surface area (Å²) in [4.78, 5) is 26.5. The van der Waals surface area contributed by atoms with Gasteiger partial charge in [-0.05, 0) is 103 Å². The fraction of sp³-hybridized carbons (Fsp3) is 0.758. The van der Waals surface area contributed by atoms with Crippen molar-refractivity contribution in [1.29, 1.82) is 0 Å². The van der Waals surface area contributed by atoms with E-state index < -0.39 is 67.4 Å². The Bertz CT molecular complexity index is 1570. The Morgan fingerprint density at radius 3 is 1.36 bits per heavy atom. The highest BCUT2D eigenvalue weighted by Crippen LogP contribution is 2.26. The maximum Gasteiger partial charge on any atom is 0.306 e. The molecule has 1 aliphatic rings. The van der Waals surface area contributed by atoms with Crippen LogP contribution in [0.15, 0.2) is 85.1 Å². The molecule has 1 saturated heterocycles. The molecule has 1 heterocycles. The topological polar surface area (TPSA) is 175 Å². The molecule has 6 N–H and O–H groups in total. The van der Waals surface area contributed by atoms with Gasteiger partial charge in [0, 0.05) is 6.42 Å². The van der Waals surface area contributed by atoms with Crippen LogP contribution in [0.25, 0.3) is 0 Å². The molecule has 1 aliphatic heterocycles. The van der Waals surface area contributed by atoms with Crippen molar-refractivity contribution < 1.29 is 49.3 Å². The lowest BCUT2D eigenvalue weighted by molar-refractivity contribution is -0.305. The summed E-state index contributed by atoms with van der Waals surface area (Å²) in [7, 11) is 0. The molecule has 0 radical (unpaired) electrons. The first-order valence-corrected chi connectivity index (χ1v) is 31.4. The minimum Gasteiger partial charge on any atom is -0.454 e. The Morgan fingerprint density at radius 2 is 0.896 bits per heavy atom. The number of unbranched alkanes of at least 4 members (excludes halogenated alkanes) is 26. The van der Waals surface area contributed by atoms with Gasteiger partial charge in [0.2, 0.25) is 5.91 Å². The Hall–Kier alpha value is -3.16. The summed E-state index contributed by atoms with van der Waals surface area (Å²) in [5.74, 6) is -1.22. The second-order valence-corrected chi connectivity index (χ2v) is 21.4. The van der Waals surface area contributed by atoms with Crippen molar-refractivity contribution in [3.63, 3.8) is 0 Å². The summed E-state index contributed by atoms with van der Waals surface area (Å²) in [6, 6.07) is -1.04. The van der Waals surface area contributed by atoms with E-state index >= 15 is 0 Å². The van der Waals surface area contributed by atoms with Gasteiger partial charge in [0.25, 0.3) is 0 Å². The third kappa shape index (κ3) is 41.5. The number of carbonyl (C=O) groups excluding carboxylic acids is 2. The number of esters is 1. The minimum atomic E-state index is -1.63. The Labute approximate surface area is 470 Å². The number of aliphatic hydroxyl groups is 5. The summed E-state index contributed by atoms with van der Waals surface area (Å²) in [5.41, 5.74) is 0. The van der Waals surface area contributed by atoms with Crippen molar-refractivity contribution in [3.8, 4) is 0 Å². The number of hydrogen-bond acceptors (Lipinski definition) is 10. The molecule has 8 unspecified atom stereocenters. The van der Waals surface area contributed by atoms with Gasteiger partial charge < -0.3 is 45.1 Å². The predicted molar refractivity (Wildman–Crippen MR) is 319 cm³/mol. The van der Waals surface area contributed by atoms with E-state index in [1.165, 1.54) is 89.9 Å². The van der Waals surface area contributed by atoms with Gasteiger partial charge in [0.05, 0.1) is 25.4 Å². The van der Waals surface area contributed by atoms with E-state index in [-0.39, 0.29) is 19.4 Å². The maximum absolute atomic E-state index is 13.4. The first-order chi connectivity index (χ1) is 37.7. The zero-order valence-electron chi connectivity index (χ0n) is 49.1. The number of amides is 1. The molecule has 0 aromatic heterocycles. The monoisotopic (exact) mass is 1080 g/mol. The Kier molecular flexibility index (Phi) is 49.9. The van der Waals surface area contributed by atoms with Gasteiger partial charge in [0.1, 0.15) is 24.4 Å². The summed E-state index contributed by atoms with van der Waals surface area (Å²) in [6.45, 7) is 5.71. The normalized spacial score (nSPS) is 19.6. The van der Waals surface area contributed by atoms with E-state index in [0.29, 0.717) is 12.8 Å². The second-order valence-electron chi connectivity index (χ2n) is 21.4. The van der Waals surface area contributed by atoms with Gasteiger partial charge in [-0.15, -0.1) is 0 Å². The van der Waals surface area contributed by atoms with Gasteiger partial charge >= 0.3 is 5.97 Å². The van der Waals surface area contributed by atoms with Crippen LogP contribution in [0.2, 0.25) is 0 Å². The largest absolute Gasteiger partial charge is 0.454 e. The van der Waals surface area contributed by atoms with Crippen molar-refractivity contribution in [2.45, 2.75) is 307 Å². The molecule has 0 bridgehead atoms. The fourth-order valence-electron chi connectivity index (χ4n) is 9.25. The number of rotatable bonds is 52. The number of carbonyl (C=O) groups is 2. The zero-order valence-corrected chi connectivity index (χ0v) is 49.1. The van der Waals surface area contributed by atoms with Crippen LogP contribution < -0.4 is 5.32 Å². The quantitative estimate of drug-likeness (QED) is 0.0195. The van der Waals surface area contributed by atoms with E-state index in [1.807, 2.05) is 6.08 Å². The van der Waals surface area contributed by atoms with Crippen LogP contribution in [-0.2, 0) is 23.8 Å². The smallest absolute Gasteiger partial charge is 0.306 e. The molecule has 0 aliphatic carbocycles. The van der Waals surface area contributed by atoms with E-state index in [1.54, 1.807) is 6.08 Å². The molecule has 11 nitrogen and oxygen atoms in total.